The second kappa shape index (κ2) is 10.8. The molecule has 1 atom stereocenters. The Labute approximate surface area is 253 Å². The zero-order valence-corrected chi connectivity index (χ0v) is 24.0. The zero-order chi connectivity index (χ0) is 28.6. The van der Waals surface area contributed by atoms with Crippen LogP contribution in [0.25, 0.3) is 42.7 Å². The van der Waals surface area contributed by atoms with Crippen LogP contribution >= 0.6 is 11.3 Å². The highest BCUT2D eigenvalue weighted by Gasteiger charge is 2.21. The largest absolute Gasteiger partial charge is 0.344 e. The van der Waals surface area contributed by atoms with Gasteiger partial charge in [0.15, 0.2) is 5.84 Å². The van der Waals surface area contributed by atoms with Gasteiger partial charge in [0.05, 0.1) is 10.2 Å². The minimum atomic E-state index is -0.231. The molecule has 7 aromatic rings. The van der Waals surface area contributed by atoms with E-state index in [-0.39, 0.29) is 6.17 Å². The quantitative estimate of drug-likeness (QED) is 0.224. The van der Waals surface area contributed by atoms with E-state index in [0.717, 1.165) is 55.1 Å². The molecule has 0 bridgehead atoms. The van der Waals surface area contributed by atoms with Gasteiger partial charge < -0.3 is 5.32 Å². The molecule has 0 fully saturated rings. The van der Waals surface area contributed by atoms with Gasteiger partial charge in [0, 0.05) is 22.1 Å². The second-order valence-corrected chi connectivity index (χ2v) is 11.6. The van der Waals surface area contributed by atoms with Crippen LogP contribution in [0.4, 0.5) is 0 Å². The Morgan fingerprint density at radius 1 is 0.558 bits per heavy atom. The van der Waals surface area contributed by atoms with Gasteiger partial charge in [0.25, 0.3) is 0 Å². The predicted octanol–water partition coefficient (Wildman–Crippen LogP) is 9.28. The van der Waals surface area contributed by atoms with Crippen molar-refractivity contribution < 1.29 is 0 Å². The van der Waals surface area contributed by atoms with E-state index in [1.807, 2.05) is 42.5 Å². The van der Waals surface area contributed by atoms with Crippen molar-refractivity contribution in [2.45, 2.75) is 6.17 Å². The monoisotopic (exact) mass is 570 g/mol. The molecule has 1 aromatic heterocycles. The lowest BCUT2D eigenvalue weighted by atomic mass is 9.99. The van der Waals surface area contributed by atoms with Crippen LogP contribution < -0.4 is 5.32 Å². The van der Waals surface area contributed by atoms with Crippen molar-refractivity contribution in [2.75, 3.05) is 0 Å². The van der Waals surface area contributed by atoms with Crippen LogP contribution in [0.1, 0.15) is 22.9 Å². The molecular weight excluding hydrogens is 545 g/mol. The summed E-state index contributed by atoms with van der Waals surface area (Å²) in [5.74, 6) is 1.53. The molecule has 4 nitrogen and oxygen atoms in total. The minimum Gasteiger partial charge on any atom is -0.344 e. The number of fused-ring (bicyclic) bond motifs is 3. The summed E-state index contributed by atoms with van der Waals surface area (Å²) >= 11 is 1.74. The third-order valence-corrected chi connectivity index (χ3v) is 8.83. The molecule has 0 aliphatic carbocycles. The fourth-order valence-electron chi connectivity index (χ4n) is 5.56. The molecule has 0 radical (unpaired) electrons. The molecule has 5 heteroatoms. The summed E-state index contributed by atoms with van der Waals surface area (Å²) in [6, 6.07) is 50.5. The number of nitrogens with zero attached hydrogens (tertiary/aromatic N) is 3. The van der Waals surface area contributed by atoms with E-state index in [0.29, 0.717) is 5.84 Å². The lowest BCUT2D eigenvalue weighted by Gasteiger charge is -2.23. The first-order chi connectivity index (χ1) is 21.3. The summed E-state index contributed by atoms with van der Waals surface area (Å²) in [6.07, 6.45) is -0.231. The Hall–Kier alpha value is -5.39. The van der Waals surface area contributed by atoms with Gasteiger partial charge in [0.2, 0.25) is 0 Å². The number of benzene rings is 6. The number of aliphatic imine (C=N–C) groups is 2. The van der Waals surface area contributed by atoms with Gasteiger partial charge in [-0.1, -0.05) is 127 Å². The number of nitrogens with one attached hydrogen (secondary N) is 1. The first-order valence-electron chi connectivity index (χ1n) is 14.3. The van der Waals surface area contributed by atoms with Crippen LogP contribution in [0.15, 0.2) is 156 Å². The topological polar surface area (TPSA) is 49.6 Å². The van der Waals surface area contributed by atoms with E-state index < -0.39 is 0 Å². The molecule has 43 heavy (non-hydrogen) atoms. The van der Waals surface area contributed by atoms with Crippen LogP contribution in [0.2, 0.25) is 0 Å². The summed E-state index contributed by atoms with van der Waals surface area (Å²) in [4.78, 5) is 15.2. The molecule has 0 amide bonds. The fraction of sp³-hybridized carbons (Fsp3) is 0.0263. The van der Waals surface area contributed by atoms with Crippen molar-refractivity contribution in [2.24, 2.45) is 9.98 Å². The Morgan fingerprint density at radius 3 is 2.00 bits per heavy atom. The number of thiazole rings is 1. The summed E-state index contributed by atoms with van der Waals surface area (Å²) in [5.41, 5.74) is 7.55. The maximum atomic E-state index is 5.09. The van der Waals surface area contributed by atoms with E-state index in [2.05, 4.69) is 108 Å². The fourth-order valence-corrected chi connectivity index (χ4v) is 6.55. The number of amidine groups is 2. The third kappa shape index (κ3) is 4.90. The number of hydrogen-bond donors (Lipinski definition) is 1. The molecule has 6 aromatic carbocycles. The average Bonchev–Trinajstić information content (AvgIpc) is 3.54. The first kappa shape index (κ1) is 25.3. The maximum Gasteiger partial charge on any atom is 0.159 e. The molecule has 8 rings (SSSR count). The van der Waals surface area contributed by atoms with E-state index in [1.165, 1.54) is 10.1 Å². The Kier molecular flexibility index (Phi) is 6.35. The van der Waals surface area contributed by atoms with E-state index in [9.17, 15) is 0 Å². The summed E-state index contributed by atoms with van der Waals surface area (Å²) in [7, 11) is 0. The van der Waals surface area contributed by atoms with Crippen molar-refractivity contribution in [3.63, 3.8) is 0 Å². The lowest BCUT2D eigenvalue weighted by molar-refractivity contribution is 0.674. The third-order valence-electron chi connectivity index (χ3n) is 7.76. The van der Waals surface area contributed by atoms with Crippen LogP contribution in [-0.4, -0.2) is 16.7 Å². The molecule has 204 valence electrons. The Morgan fingerprint density at radius 2 is 1.21 bits per heavy atom. The Bertz CT molecular complexity index is 2150. The highest BCUT2D eigenvalue weighted by molar-refractivity contribution is 7.21. The lowest BCUT2D eigenvalue weighted by Crippen LogP contribution is -2.33. The van der Waals surface area contributed by atoms with Gasteiger partial charge >= 0.3 is 0 Å². The standard InChI is InChI=1S/C38H26N4S/c1-4-11-26(12-5-1)35-40-36(27-13-6-2-7-14-27)42-37(41-35)31-18-10-17-29(23-31)30-20-19-25-21-22-33-34(32(25)24-30)39-38(43-33)28-15-8-3-9-16-28/h1-24,35H,(H,40,41,42). The minimum absolute atomic E-state index is 0.231. The van der Waals surface area contributed by atoms with Crippen LogP contribution in [0.5, 0.6) is 0 Å². The second-order valence-electron chi connectivity index (χ2n) is 10.6. The average molecular weight is 571 g/mol. The van der Waals surface area contributed by atoms with Gasteiger partial charge in [-0.15, -0.1) is 11.3 Å². The van der Waals surface area contributed by atoms with E-state index in [4.69, 9.17) is 15.0 Å². The van der Waals surface area contributed by atoms with Crippen LogP contribution in [-0.2, 0) is 0 Å². The van der Waals surface area contributed by atoms with Crippen LogP contribution in [0.3, 0.4) is 0 Å². The molecule has 0 saturated carbocycles. The highest BCUT2D eigenvalue weighted by Crippen LogP contribution is 2.36. The normalized spacial score (nSPS) is 14.7. The zero-order valence-electron chi connectivity index (χ0n) is 23.2. The van der Waals surface area contributed by atoms with Gasteiger partial charge in [0.1, 0.15) is 17.0 Å². The van der Waals surface area contributed by atoms with Crippen LogP contribution in [0, 0.1) is 0 Å². The number of aromatic nitrogens is 1. The summed E-state index contributed by atoms with van der Waals surface area (Å²) in [6.45, 7) is 0. The molecule has 1 aliphatic heterocycles. The molecule has 0 saturated heterocycles. The van der Waals surface area contributed by atoms with Gasteiger partial charge in [-0.05, 0) is 40.3 Å². The number of hydrogen-bond acceptors (Lipinski definition) is 5. The summed E-state index contributed by atoms with van der Waals surface area (Å²) < 4.78 is 1.19. The molecule has 2 heterocycles. The van der Waals surface area contributed by atoms with Gasteiger partial charge in [-0.3, -0.25) is 0 Å². The van der Waals surface area contributed by atoms with E-state index in [1.54, 1.807) is 11.3 Å². The molecular formula is C38H26N4S. The van der Waals surface area contributed by atoms with Crippen molar-refractivity contribution >= 4 is 44.0 Å². The molecule has 1 aliphatic rings. The van der Waals surface area contributed by atoms with Crippen molar-refractivity contribution in [3.05, 3.63) is 162 Å². The first-order valence-corrected chi connectivity index (χ1v) is 15.1. The molecule has 0 spiro atoms. The van der Waals surface area contributed by atoms with Crippen molar-refractivity contribution in [1.29, 1.82) is 0 Å². The van der Waals surface area contributed by atoms with Gasteiger partial charge in [-0.25, -0.2) is 15.0 Å². The van der Waals surface area contributed by atoms with E-state index >= 15 is 0 Å². The van der Waals surface area contributed by atoms with Gasteiger partial charge in [-0.2, -0.15) is 0 Å². The smallest absolute Gasteiger partial charge is 0.159 e. The molecule has 1 N–H and O–H groups in total. The number of rotatable bonds is 5. The predicted molar refractivity (Wildman–Crippen MR) is 180 cm³/mol. The summed E-state index contributed by atoms with van der Waals surface area (Å²) in [5, 5.41) is 6.92. The van der Waals surface area contributed by atoms with Crippen molar-refractivity contribution in [1.82, 2.24) is 10.3 Å². The molecule has 1 unspecified atom stereocenters. The highest BCUT2D eigenvalue weighted by atomic mass is 32.1. The Balaban J connectivity index is 1.21. The maximum absolute atomic E-state index is 5.09. The van der Waals surface area contributed by atoms with Crippen molar-refractivity contribution in [3.8, 4) is 21.7 Å². The SMILES string of the molecule is c1ccc(C2=NC(c3cccc(-c4ccc5ccc6sc(-c7ccccc7)nc6c5c4)c3)=NC(c3ccccc3)N2)cc1.